The molecule has 52 nitrogen and oxygen atoms in total. The molecule has 25 atom stereocenters. The van der Waals surface area contributed by atoms with Gasteiger partial charge in [0.05, 0.1) is 31.8 Å². The van der Waals surface area contributed by atoms with Crippen LogP contribution in [0.5, 0.6) is 0 Å². The van der Waals surface area contributed by atoms with Crippen LogP contribution >= 0.6 is 0 Å². The van der Waals surface area contributed by atoms with E-state index in [1.54, 1.807) is 0 Å². The summed E-state index contributed by atoms with van der Waals surface area (Å²) in [5.74, 6) is -5.70. The van der Waals surface area contributed by atoms with Gasteiger partial charge in [-0.1, -0.05) is 0 Å². The molecule has 101 heavy (non-hydrogen) atoms. The first-order valence-electron chi connectivity index (χ1n) is 26.9. The monoisotopic (exact) mass is 1740 g/mol. The van der Waals surface area contributed by atoms with Crippen molar-refractivity contribution in [3.63, 3.8) is 0 Å². The Morgan fingerprint density at radius 1 is 0.366 bits per heavy atom. The fraction of sp³-hybridized carbons (Fsp3) is 0.935. The molecule has 0 saturated carbocycles. The molecule has 0 aliphatic carbocycles. The van der Waals surface area contributed by atoms with Gasteiger partial charge in [0.1, 0.15) is 120 Å². The smallest absolute Gasteiger partial charge is 0.735 e. The molecular formula is C31H43N3Na10O49S8. The molecule has 5 aliphatic rings. The second-order valence-electron chi connectivity index (χ2n) is 18.1. The largest absolute Gasteiger partial charge is 1.00 e. The molecule has 5 heterocycles. The Balaban J connectivity index is -0.00000270. The molecule has 9 N–H and O–H groups in total. The van der Waals surface area contributed by atoms with Crippen LogP contribution in [0, 0.1) is 0 Å². The van der Waals surface area contributed by atoms with E-state index in [1.807, 2.05) is 0 Å². The summed E-state index contributed by atoms with van der Waals surface area (Å²) in [4.78, 5) is 26.1. The van der Waals surface area contributed by atoms with E-state index in [4.69, 9.17) is 60.2 Å². The second kappa shape index (κ2) is 49.0. The van der Waals surface area contributed by atoms with Gasteiger partial charge >= 0.3 is 296 Å². The standard InChI is InChI=1S/C31H53N3O49S8.10Na/c1-69-27-9(33-85(48,49)50)13(37)17(6(74-27)3-71-88(57,58)59)76-31-22(83-91(66,67)68)16(40)21(24(81-31)26(43)44)79-29-10(34-86(51,52)53)19(82-90(63,64)65)18(7(75-29)4-72-89(60,61)62)77-30-15(39)14(38)20(23(80-30)25(41)42)78-28-8(32-84(45,46)47)12(36)11(35)5(73-28)2-70-87(54,55)56;;;;;;;;;;/h5-24,27-40H,2-4H2,1H3,(H,41,42)(H,43,44)(H,45,46,47)(H,48,49,50)(H,51,52,53)(H,54,55,56)(H,57,58,59)(H,60,61,62)(H,63,64,65)(H,66,67,68);;;;;;;;;;/q;10*+1/p-10/t5-,6-,7-,8-,9-,10-,11-,12-,13-,14-,15-,16+,17-,18+,19-,20+,21+,22-,23+,24-,27+,28-,29-,30-,31-;;;;;;;;;;/m1........../s1/i35D,36D,37D,38D,39D,40D;;;;;;;;;;/hD3. The number of carbonyl (C=O) groups is 2. The number of hydrogen-bond acceptors (Lipinski definition) is 49. The van der Waals surface area contributed by atoms with Crippen LogP contribution in [0.15, 0.2) is 0 Å². The summed E-state index contributed by atoms with van der Waals surface area (Å²) >= 11 is 0. The van der Waals surface area contributed by atoms with Crippen molar-refractivity contribution < 1.29 is 522 Å². The molecule has 0 aromatic heterocycles. The van der Waals surface area contributed by atoms with Crippen molar-refractivity contribution in [3.8, 4) is 0 Å². The summed E-state index contributed by atoms with van der Waals surface area (Å²) in [6, 6.07) is -9.49. The van der Waals surface area contributed by atoms with Crippen LogP contribution in [0.1, 0.15) is 0 Å². The zero-order valence-corrected chi connectivity index (χ0v) is 79.7. The number of aliphatic carboxylic acids is 2. The molecule has 0 aromatic rings. The van der Waals surface area contributed by atoms with Crippen LogP contribution < -0.4 is 320 Å². The summed E-state index contributed by atoms with van der Waals surface area (Å²) in [6.45, 7) is -5.71. The van der Waals surface area contributed by atoms with Crippen LogP contribution in [0.25, 0.3) is 0 Å². The van der Waals surface area contributed by atoms with Gasteiger partial charge in [-0.3, -0.25) is 20.9 Å². The molecule has 5 aliphatic heterocycles. The van der Waals surface area contributed by atoms with Crippen molar-refractivity contribution in [1.29, 1.82) is 8.59 Å². The Morgan fingerprint density at radius 2 is 0.693 bits per heavy atom. The minimum absolute atomic E-state index is 0. The number of nitrogens with one attached hydrogen (secondary N) is 3. The van der Waals surface area contributed by atoms with E-state index in [1.165, 1.54) is 0 Å². The molecule has 5 rings (SSSR count). The zero-order valence-electron chi connectivity index (χ0n) is 62.2. The molecule has 0 radical (unpaired) electrons. The van der Waals surface area contributed by atoms with Crippen molar-refractivity contribution in [2.75, 3.05) is 26.9 Å². The maximum Gasteiger partial charge on any atom is 1.00 e. The van der Waals surface area contributed by atoms with E-state index in [0.29, 0.717) is 7.11 Å². The predicted molar refractivity (Wildman–Crippen MR) is 242 cm³/mol. The first-order chi connectivity index (χ1) is 45.7. The normalized spacial score (nSPS) is 36.2. The molecule has 5 fully saturated rings. The molecule has 0 unspecified atom stereocenters. The van der Waals surface area contributed by atoms with Crippen LogP contribution in [-0.4, -0.2) is 335 Å². The number of carboxylic acids is 2. The van der Waals surface area contributed by atoms with Crippen molar-refractivity contribution in [1.82, 2.24) is 14.1 Å². The van der Waals surface area contributed by atoms with E-state index in [-0.39, 0.29) is 296 Å². The first kappa shape index (κ1) is 101. The van der Waals surface area contributed by atoms with Gasteiger partial charge in [0, 0.05) is 7.11 Å². The number of hydrogen-bond donors (Lipinski definition) is 9. The molecule has 70 heteroatoms. The van der Waals surface area contributed by atoms with E-state index in [2.05, 4.69) is 51.6 Å². The van der Waals surface area contributed by atoms with Gasteiger partial charge in [-0.05, 0) is 0 Å². The minimum Gasteiger partial charge on any atom is -0.735 e. The Morgan fingerprint density at radius 3 is 1.08 bits per heavy atom. The Labute approximate surface area is 807 Å². The number of aliphatic hydroxyl groups is 6. The molecule has 0 spiro atoms. The Hall–Kier alpha value is 7.26. The van der Waals surface area contributed by atoms with Crippen molar-refractivity contribution in [2.45, 2.75) is 153 Å². The third kappa shape index (κ3) is 38.3. The maximum atomic E-state index is 13.1. The minimum atomic E-state index is -6.87. The maximum absolute atomic E-state index is 13.1. The third-order valence-electron chi connectivity index (χ3n) is 12.0. The number of ether oxygens (including phenoxy) is 10. The van der Waals surface area contributed by atoms with Gasteiger partial charge in [-0.25, -0.2) is 81.5 Å². The van der Waals surface area contributed by atoms with Crippen LogP contribution in [-0.2, 0) is 161 Å². The van der Waals surface area contributed by atoms with Crippen LogP contribution in [0.2, 0.25) is 4.24 Å². The number of carbonyl (C=O) groups excluding carboxylic acids is 2. The van der Waals surface area contributed by atoms with Crippen molar-refractivity contribution >= 4 is 94.8 Å². The summed E-state index contributed by atoms with van der Waals surface area (Å²) in [5.41, 5.74) is 0. The fourth-order valence-electron chi connectivity index (χ4n) is 8.68. The summed E-state index contributed by atoms with van der Waals surface area (Å²) in [6.07, 6.45) is -68.2. The molecule has 0 amide bonds. The number of methoxy groups -OCH3 is 1. The number of rotatable bonds is 36. The fourth-order valence-corrected chi connectivity index (χ4v) is 12.1. The SMILES string of the molecule is [2H]O[C@@H]1[C@@H](O[2H])[C@H](O[C@@H]2[C@H](OS(=O)(=O)[O-])[C@@H](N([2H])S(=O)(=O)[O-])[C@@H](O[C@H]3[C@H](O[2H])[C@@H](OS(=O)(=O)[O-])[C@H](O[C@H]4[C@H](O[2H])[C@@H](N([2H])S(=O)(=O)[O-])[C@@H](OC)O[C@@H]4COS(=O)(=O)[O-])O[C@H]3C(=O)[O-])O[C@@H]2COS(=O)(=O)[O-])O[C@H](C(=O)[O-])[C@H]1O[C@H]1O[C@H](COS(=O)(=O)[O-])[C@@H](O[2H])[C@H](O[2H])[C@H]1N([2H])S(=O)(=O)[O-].[Na+].[Na+].[Na+].[Na+].[Na+].[Na+].[Na+].[Na+].[Na+].[Na+]. The third-order valence-corrected chi connectivity index (χ3v) is 15.7. The quantitative estimate of drug-likeness (QED) is 0.0160. The Bertz CT molecular complexity index is 3810. The first-order valence-corrected chi connectivity index (χ1v) is 33.8. The summed E-state index contributed by atoms with van der Waals surface area (Å²) < 4.78 is 432. The van der Waals surface area contributed by atoms with Gasteiger partial charge < -0.3 is 134 Å². The summed E-state index contributed by atoms with van der Waals surface area (Å²) in [5, 5.41) is 52.2. The average molecular weight is 1740 g/mol. The van der Waals surface area contributed by atoms with Crippen LogP contribution in [0.3, 0.4) is 0 Å². The second-order valence-corrected chi connectivity index (χ2v) is 26.5. The van der Waals surface area contributed by atoms with Gasteiger partial charge in [0.2, 0.25) is 60.6 Å². The van der Waals surface area contributed by atoms with E-state index < -0.39 is 282 Å². The Kier molecular flexibility index (Phi) is 48.8. The molecular weight excluding hydrogens is 1680 g/mol. The van der Waals surface area contributed by atoms with Crippen molar-refractivity contribution in [3.05, 3.63) is 0 Å². The zero-order chi connectivity index (χ0) is 76.3. The molecule has 5 saturated heterocycles. The molecule has 534 valence electrons. The van der Waals surface area contributed by atoms with Gasteiger partial charge in [0.15, 0.2) is 68.5 Å². The summed E-state index contributed by atoms with van der Waals surface area (Å²) in [7, 11) is -50.2. The van der Waals surface area contributed by atoms with E-state index in [0.717, 1.165) is 0 Å². The number of carboxylic acid groups (broad SMARTS) is 2. The average Bonchev–Trinajstić information content (AvgIpc) is 0.748. The van der Waals surface area contributed by atoms with Gasteiger partial charge in [-0.2, -0.15) is 0 Å². The topological polar surface area (TPSA) is 834 Å². The molecule has 0 bridgehead atoms. The van der Waals surface area contributed by atoms with Crippen molar-refractivity contribution in [2.24, 2.45) is 0 Å². The predicted octanol–water partition coefficient (Wildman–Crippen LogP) is -49.1. The van der Waals surface area contributed by atoms with Gasteiger partial charge in [0.25, 0.3) is 0 Å². The number of aliphatic hydroxyl groups excluding tert-OH is 6. The molecule has 0 aromatic carbocycles. The van der Waals surface area contributed by atoms with Crippen LogP contribution in [0.4, 0.5) is 0 Å². The van der Waals surface area contributed by atoms with E-state index in [9.17, 15) is 124 Å². The van der Waals surface area contributed by atoms with Gasteiger partial charge in [-0.15, -0.1) is 0 Å². The van der Waals surface area contributed by atoms with E-state index >= 15 is 0 Å².